The van der Waals surface area contributed by atoms with Gasteiger partial charge in [0, 0.05) is 11.4 Å². The van der Waals surface area contributed by atoms with Gasteiger partial charge in [0.25, 0.3) is 0 Å². The molecule has 5 nitrogen and oxygen atoms in total. The molecule has 0 unspecified atom stereocenters. The van der Waals surface area contributed by atoms with Crippen LogP contribution in [0.1, 0.15) is 25.5 Å². The van der Waals surface area contributed by atoms with Crippen molar-refractivity contribution in [1.82, 2.24) is 10.6 Å². The molecule has 0 saturated heterocycles. The Labute approximate surface area is 155 Å². The van der Waals surface area contributed by atoms with E-state index in [0.29, 0.717) is 33.5 Å². The van der Waals surface area contributed by atoms with E-state index in [1.165, 1.54) is 0 Å². The topological polar surface area (TPSA) is 67.4 Å². The Morgan fingerprint density at radius 3 is 2.75 bits per heavy atom. The van der Waals surface area contributed by atoms with Crippen LogP contribution in [-0.4, -0.2) is 30.1 Å². The molecule has 24 heavy (non-hydrogen) atoms. The first-order valence-corrected chi connectivity index (χ1v) is 9.33. The molecule has 130 valence electrons. The van der Waals surface area contributed by atoms with Crippen molar-refractivity contribution >= 4 is 47.0 Å². The van der Waals surface area contributed by atoms with Crippen molar-refractivity contribution < 1.29 is 14.3 Å². The summed E-state index contributed by atoms with van der Waals surface area (Å²) in [6.07, 6.45) is 0. The maximum Gasteiger partial charge on any atom is 0.338 e. The summed E-state index contributed by atoms with van der Waals surface area (Å²) in [4.78, 5) is 24.3. The van der Waals surface area contributed by atoms with E-state index in [9.17, 15) is 9.59 Å². The van der Waals surface area contributed by atoms with E-state index in [0.717, 1.165) is 11.5 Å². The van der Waals surface area contributed by atoms with Crippen molar-refractivity contribution in [3.63, 3.8) is 0 Å². The SMILES string of the molecule is CCSCCOC(=O)C1=C(C)NC(=O)N[C@@H]1c1ccc(Cl)c(Cl)c1. The lowest BCUT2D eigenvalue weighted by Crippen LogP contribution is -2.45. The van der Waals surface area contributed by atoms with Gasteiger partial charge in [0.05, 0.1) is 21.7 Å². The fourth-order valence-corrected chi connectivity index (χ4v) is 3.12. The number of rotatable bonds is 6. The number of carbonyl (C=O) groups is 2. The van der Waals surface area contributed by atoms with Gasteiger partial charge in [-0.25, -0.2) is 9.59 Å². The first-order valence-electron chi connectivity index (χ1n) is 7.42. The molecule has 0 radical (unpaired) electrons. The van der Waals surface area contributed by atoms with Crippen LogP contribution in [-0.2, 0) is 9.53 Å². The van der Waals surface area contributed by atoms with Crippen LogP contribution in [0.15, 0.2) is 29.5 Å². The van der Waals surface area contributed by atoms with Gasteiger partial charge in [0.2, 0.25) is 0 Å². The van der Waals surface area contributed by atoms with Gasteiger partial charge in [-0.2, -0.15) is 11.8 Å². The van der Waals surface area contributed by atoms with Crippen LogP contribution in [0.4, 0.5) is 4.79 Å². The molecule has 1 aromatic rings. The number of allylic oxidation sites excluding steroid dienone is 1. The highest BCUT2D eigenvalue weighted by atomic mass is 35.5. The van der Waals surface area contributed by atoms with Crippen molar-refractivity contribution in [3.8, 4) is 0 Å². The number of nitrogens with one attached hydrogen (secondary N) is 2. The Kier molecular flexibility index (Phi) is 6.83. The third-order valence-electron chi connectivity index (χ3n) is 3.43. The minimum atomic E-state index is -0.639. The molecular formula is C16H18Cl2N2O3S. The second kappa shape index (κ2) is 8.65. The van der Waals surface area contributed by atoms with Gasteiger partial charge in [-0.15, -0.1) is 0 Å². The van der Waals surface area contributed by atoms with E-state index in [1.54, 1.807) is 36.9 Å². The molecule has 2 N–H and O–H groups in total. The molecule has 2 amide bonds. The number of amides is 2. The summed E-state index contributed by atoms with van der Waals surface area (Å²) in [6.45, 7) is 4.02. The van der Waals surface area contributed by atoms with E-state index in [1.807, 2.05) is 6.92 Å². The molecule has 0 spiro atoms. The molecule has 1 atom stereocenters. The Balaban J connectivity index is 2.26. The zero-order valence-electron chi connectivity index (χ0n) is 13.3. The second-order valence-corrected chi connectivity index (χ2v) is 7.28. The lowest BCUT2D eigenvalue weighted by Gasteiger charge is -2.28. The number of halogens is 2. The number of carbonyl (C=O) groups excluding carboxylic acids is 2. The number of ether oxygens (including phenoxy) is 1. The molecule has 1 aliphatic heterocycles. The van der Waals surface area contributed by atoms with Gasteiger partial charge < -0.3 is 15.4 Å². The minimum Gasteiger partial charge on any atom is -0.461 e. The van der Waals surface area contributed by atoms with Gasteiger partial charge in [0.1, 0.15) is 6.61 Å². The van der Waals surface area contributed by atoms with Crippen molar-refractivity contribution in [2.24, 2.45) is 0 Å². The van der Waals surface area contributed by atoms with Crippen molar-refractivity contribution in [2.45, 2.75) is 19.9 Å². The molecule has 1 aliphatic rings. The van der Waals surface area contributed by atoms with Crippen LogP contribution in [0.5, 0.6) is 0 Å². The molecule has 0 fully saturated rings. The van der Waals surface area contributed by atoms with Crippen LogP contribution in [0.25, 0.3) is 0 Å². The predicted molar refractivity (Wildman–Crippen MR) is 97.5 cm³/mol. The first kappa shape index (κ1) is 19.0. The molecule has 0 saturated carbocycles. The molecule has 0 aliphatic carbocycles. The van der Waals surface area contributed by atoms with E-state index >= 15 is 0 Å². The maximum absolute atomic E-state index is 12.5. The number of urea groups is 1. The second-order valence-electron chi connectivity index (χ2n) is 5.08. The third-order valence-corrected chi connectivity index (χ3v) is 5.03. The van der Waals surface area contributed by atoms with Gasteiger partial charge in [-0.05, 0) is 30.4 Å². The Bertz CT molecular complexity index is 679. The van der Waals surface area contributed by atoms with E-state index in [-0.39, 0.29) is 6.03 Å². The van der Waals surface area contributed by atoms with Gasteiger partial charge in [-0.3, -0.25) is 0 Å². The smallest absolute Gasteiger partial charge is 0.338 e. The zero-order valence-corrected chi connectivity index (χ0v) is 15.6. The summed E-state index contributed by atoms with van der Waals surface area (Å²) in [6, 6.07) is 3.95. The molecular weight excluding hydrogens is 371 g/mol. The Morgan fingerprint density at radius 2 is 2.08 bits per heavy atom. The number of hydrogen-bond acceptors (Lipinski definition) is 4. The summed E-state index contributed by atoms with van der Waals surface area (Å²) in [5, 5.41) is 6.09. The third kappa shape index (κ3) is 4.59. The molecule has 0 bridgehead atoms. The highest BCUT2D eigenvalue weighted by Gasteiger charge is 2.32. The monoisotopic (exact) mass is 388 g/mol. The summed E-state index contributed by atoms with van der Waals surface area (Å²) in [5.41, 5.74) is 1.48. The molecule has 0 aromatic heterocycles. The summed E-state index contributed by atoms with van der Waals surface area (Å²) >= 11 is 13.7. The number of esters is 1. The van der Waals surface area contributed by atoms with Crippen LogP contribution in [0.2, 0.25) is 10.0 Å². The standard InChI is InChI=1S/C16H18Cl2N2O3S/c1-3-24-7-6-23-15(21)13-9(2)19-16(22)20-14(13)10-4-5-11(17)12(18)8-10/h4-5,8,14H,3,6-7H2,1-2H3,(H2,19,20,22)/t14-/m1/s1. The Morgan fingerprint density at radius 1 is 1.33 bits per heavy atom. The summed E-state index contributed by atoms with van der Waals surface area (Å²) in [7, 11) is 0. The van der Waals surface area contributed by atoms with E-state index < -0.39 is 12.0 Å². The average molecular weight is 389 g/mol. The lowest BCUT2D eigenvalue weighted by molar-refractivity contribution is -0.138. The van der Waals surface area contributed by atoms with Crippen LogP contribution < -0.4 is 10.6 Å². The fraction of sp³-hybridized carbons (Fsp3) is 0.375. The highest BCUT2D eigenvalue weighted by molar-refractivity contribution is 7.99. The quantitative estimate of drug-likeness (QED) is 0.572. The zero-order chi connectivity index (χ0) is 17.7. The van der Waals surface area contributed by atoms with Crippen LogP contribution in [0.3, 0.4) is 0 Å². The van der Waals surface area contributed by atoms with Gasteiger partial charge in [0.15, 0.2) is 0 Å². The van der Waals surface area contributed by atoms with Crippen LogP contribution in [0, 0.1) is 0 Å². The summed E-state index contributed by atoms with van der Waals surface area (Å²) in [5.74, 6) is 1.22. The normalized spacial score (nSPS) is 17.3. The molecule has 2 rings (SSSR count). The number of hydrogen-bond donors (Lipinski definition) is 2. The Hall–Kier alpha value is -1.37. The lowest BCUT2D eigenvalue weighted by atomic mass is 9.95. The highest BCUT2D eigenvalue weighted by Crippen LogP contribution is 2.31. The number of benzene rings is 1. The van der Waals surface area contributed by atoms with E-state index in [2.05, 4.69) is 10.6 Å². The first-order chi connectivity index (χ1) is 11.4. The van der Waals surface area contributed by atoms with Crippen molar-refractivity contribution in [3.05, 3.63) is 45.1 Å². The molecule has 8 heteroatoms. The minimum absolute atomic E-state index is 0.316. The van der Waals surface area contributed by atoms with Crippen molar-refractivity contribution in [1.29, 1.82) is 0 Å². The van der Waals surface area contributed by atoms with E-state index in [4.69, 9.17) is 27.9 Å². The largest absolute Gasteiger partial charge is 0.461 e. The summed E-state index contributed by atoms with van der Waals surface area (Å²) < 4.78 is 5.33. The number of thioether (sulfide) groups is 1. The van der Waals surface area contributed by atoms with Gasteiger partial charge in [-0.1, -0.05) is 36.2 Å². The predicted octanol–water partition coefficient (Wildman–Crippen LogP) is 3.92. The van der Waals surface area contributed by atoms with Crippen molar-refractivity contribution in [2.75, 3.05) is 18.1 Å². The fourth-order valence-electron chi connectivity index (χ4n) is 2.32. The average Bonchev–Trinajstić information content (AvgIpc) is 2.53. The molecule has 1 heterocycles. The molecule has 1 aromatic carbocycles. The van der Waals surface area contributed by atoms with Crippen LogP contribution >= 0.6 is 35.0 Å². The maximum atomic E-state index is 12.5. The van der Waals surface area contributed by atoms with Gasteiger partial charge >= 0.3 is 12.0 Å².